The minimum absolute atomic E-state index is 0.693. The molecule has 0 spiro atoms. The molecule has 1 saturated heterocycles. The first-order valence-electron chi connectivity index (χ1n) is 5.87. The van der Waals surface area contributed by atoms with Gasteiger partial charge < -0.3 is 0 Å². The van der Waals surface area contributed by atoms with Crippen LogP contribution in [0.15, 0.2) is 22.7 Å². The van der Waals surface area contributed by atoms with Gasteiger partial charge in [0.25, 0.3) is 0 Å². The molecule has 0 saturated carbocycles. The van der Waals surface area contributed by atoms with Crippen LogP contribution >= 0.6 is 15.9 Å². The monoisotopic (exact) mass is 265 g/mol. The zero-order chi connectivity index (χ0) is 10.3. The Morgan fingerprint density at radius 2 is 2.07 bits per heavy atom. The van der Waals surface area contributed by atoms with Crippen LogP contribution < -0.4 is 0 Å². The Morgan fingerprint density at radius 1 is 1.20 bits per heavy atom. The molecule has 0 bridgehead atoms. The smallest absolute Gasteiger partial charge is 0.0362 e. The summed E-state index contributed by atoms with van der Waals surface area (Å²) >= 11 is 3.72. The van der Waals surface area contributed by atoms with Crippen molar-refractivity contribution >= 4 is 15.9 Å². The first kappa shape index (κ1) is 9.86. The van der Waals surface area contributed by atoms with Gasteiger partial charge in [0.1, 0.15) is 0 Å². The average molecular weight is 266 g/mol. The minimum atomic E-state index is 0.693. The fraction of sp³-hybridized carbons (Fsp3) is 0.538. The van der Waals surface area contributed by atoms with E-state index in [0.717, 1.165) is 0 Å². The summed E-state index contributed by atoms with van der Waals surface area (Å²) < 4.78 is 1.32. The molecule has 0 N–H and O–H groups in total. The molecule has 1 aromatic rings. The van der Waals surface area contributed by atoms with Crippen LogP contribution in [-0.4, -0.2) is 18.0 Å². The van der Waals surface area contributed by atoms with Crippen molar-refractivity contribution in [2.45, 2.75) is 31.7 Å². The van der Waals surface area contributed by atoms with E-state index in [1.165, 1.54) is 43.2 Å². The molecule has 15 heavy (non-hydrogen) atoms. The highest BCUT2D eigenvalue weighted by molar-refractivity contribution is 9.10. The molecule has 2 heteroatoms. The molecular formula is C13H16BrN. The maximum atomic E-state index is 3.72. The summed E-state index contributed by atoms with van der Waals surface area (Å²) in [7, 11) is 0. The fourth-order valence-electron chi connectivity index (χ4n) is 2.82. The van der Waals surface area contributed by atoms with E-state index in [0.29, 0.717) is 6.04 Å². The maximum absolute atomic E-state index is 3.72. The van der Waals surface area contributed by atoms with Crippen LogP contribution in [0, 0.1) is 0 Å². The normalized spacial score (nSPS) is 25.8. The van der Waals surface area contributed by atoms with Crippen molar-refractivity contribution in [3.8, 4) is 0 Å². The van der Waals surface area contributed by atoms with Gasteiger partial charge in [-0.3, -0.25) is 4.90 Å². The van der Waals surface area contributed by atoms with Crippen LogP contribution in [0.3, 0.4) is 0 Å². The molecule has 1 aromatic carbocycles. The first-order valence-corrected chi connectivity index (χ1v) is 6.67. The van der Waals surface area contributed by atoms with Gasteiger partial charge >= 0.3 is 0 Å². The van der Waals surface area contributed by atoms with E-state index >= 15 is 0 Å². The molecule has 2 aliphatic rings. The zero-order valence-corrected chi connectivity index (χ0v) is 10.5. The van der Waals surface area contributed by atoms with Crippen LogP contribution in [0.1, 0.15) is 36.4 Å². The van der Waals surface area contributed by atoms with Crippen LogP contribution in [0.2, 0.25) is 0 Å². The molecule has 1 aliphatic carbocycles. The van der Waals surface area contributed by atoms with Gasteiger partial charge in [-0.25, -0.2) is 0 Å². The molecule has 1 aliphatic heterocycles. The van der Waals surface area contributed by atoms with Crippen LogP contribution in [0.5, 0.6) is 0 Å². The van der Waals surface area contributed by atoms with E-state index in [9.17, 15) is 0 Å². The molecule has 3 rings (SSSR count). The first-order chi connectivity index (χ1) is 7.36. The lowest BCUT2D eigenvalue weighted by Gasteiger charge is -2.41. The minimum Gasteiger partial charge on any atom is -0.296 e. The summed E-state index contributed by atoms with van der Waals surface area (Å²) in [5, 5.41) is 0. The predicted molar refractivity (Wildman–Crippen MR) is 66.0 cm³/mol. The second kappa shape index (κ2) is 3.91. The van der Waals surface area contributed by atoms with E-state index in [1.807, 2.05) is 0 Å². The van der Waals surface area contributed by atoms with E-state index in [-0.39, 0.29) is 0 Å². The van der Waals surface area contributed by atoms with Gasteiger partial charge in [-0.1, -0.05) is 28.1 Å². The Labute approximate surface area is 99.6 Å². The number of likely N-dealkylation sites (tertiary alicyclic amines) is 1. The summed E-state index contributed by atoms with van der Waals surface area (Å²) in [6.45, 7) is 2.59. The summed E-state index contributed by atoms with van der Waals surface area (Å²) in [4.78, 5) is 2.63. The lowest BCUT2D eigenvalue weighted by Crippen LogP contribution is -2.41. The van der Waals surface area contributed by atoms with Gasteiger partial charge in [-0.15, -0.1) is 0 Å². The van der Waals surface area contributed by atoms with Gasteiger partial charge in [0.15, 0.2) is 0 Å². The molecule has 1 nitrogen and oxygen atoms in total. The molecule has 80 valence electrons. The molecule has 0 radical (unpaired) electrons. The number of hydrogen-bond acceptors (Lipinski definition) is 1. The molecule has 1 fully saturated rings. The van der Waals surface area contributed by atoms with Gasteiger partial charge in [0.05, 0.1) is 0 Å². The molecule has 0 aromatic heterocycles. The number of aryl methyl sites for hydroxylation is 1. The average Bonchev–Trinajstić information content (AvgIpc) is 2.15. The van der Waals surface area contributed by atoms with Crippen molar-refractivity contribution in [1.29, 1.82) is 0 Å². The van der Waals surface area contributed by atoms with Crippen LogP contribution in [-0.2, 0) is 6.42 Å². The van der Waals surface area contributed by atoms with Crippen molar-refractivity contribution in [3.05, 3.63) is 33.8 Å². The molecule has 1 atom stereocenters. The van der Waals surface area contributed by atoms with Crippen molar-refractivity contribution in [2.75, 3.05) is 13.1 Å². The van der Waals surface area contributed by atoms with Gasteiger partial charge in [-0.2, -0.15) is 0 Å². The number of nitrogens with zero attached hydrogens (tertiary/aromatic N) is 1. The Balaban J connectivity index is 2.00. The number of halogens is 1. The van der Waals surface area contributed by atoms with Crippen LogP contribution in [0.4, 0.5) is 0 Å². The number of hydrogen-bond donors (Lipinski definition) is 0. The number of fused-ring (bicyclic) bond motifs is 1. The molecule has 1 heterocycles. The molecule has 1 unspecified atom stereocenters. The standard InChI is InChI=1S/C13H16BrN/c14-11-6-1-4-10-5-2-7-12(13(10)11)15-8-3-9-15/h1,4,6,12H,2-3,5,7-9H2. The third kappa shape index (κ3) is 1.64. The fourth-order valence-corrected chi connectivity index (χ4v) is 3.49. The highest BCUT2D eigenvalue weighted by Gasteiger charge is 2.30. The van der Waals surface area contributed by atoms with E-state index in [2.05, 4.69) is 39.0 Å². The highest BCUT2D eigenvalue weighted by Crippen LogP contribution is 2.40. The summed E-state index contributed by atoms with van der Waals surface area (Å²) in [5.41, 5.74) is 3.14. The Morgan fingerprint density at radius 3 is 2.80 bits per heavy atom. The molecule has 0 amide bonds. The second-order valence-corrected chi connectivity index (χ2v) is 5.46. The predicted octanol–water partition coefficient (Wildman–Crippen LogP) is 3.53. The van der Waals surface area contributed by atoms with Gasteiger partial charge in [-0.05, 0) is 56.0 Å². The van der Waals surface area contributed by atoms with E-state index in [1.54, 1.807) is 11.1 Å². The second-order valence-electron chi connectivity index (χ2n) is 4.61. The Hall–Kier alpha value is -0.340. The van der Waals surface area contributed by atoms with E-state index in [4.69, 9.17) is 0 Å². The largest absolute Gasteiger partial charge is 0.296 e. The zero-order valence-electron chi connectivity index (χ0n) is 8.88. The number of benzene rings is 1. The van der Waals surface area contributed by atoms with Crippen molar-refractivity contribution < 1.29 is 0 Å². The lowest BCUT2D eigenvalue weighted by atomic mass is 9.85. The summed E-state index contributed by atoms with van der Waals surface area (Å²) in [6, 6.07) is 7.35. The SMILES string of the molecule is Brc1cccc2c1C(N1CCC1)CCC2. The lowest BCUT2D eigenvalue weighted by molar-refractivity contribution is 0.105. The number of rotatable bonds is 1. The van der Waals surface area contributed by atoms with Gasteiger partial charge in [0, 0.05) is 10.5 Å². The van der Waals surface area contributed by atoms with Crippen molar-refractivity contribution in [2.24, 2.45) is 0 Å². The topological polar surface area (TPSA) is 3.24 Å². The maximum Gasteiger partial charge on any atom is 0.0362 e. The summed E-state index contributed by atoms with van der Waals surface area (Å²) in [5.74, 6) is 0. The van der Waals surface area contributed by atoms with E-state index < -0.39 is 0 Å². The van der Waals surface area contributed by atoms with Crippen molar-refractivity contribution in [3.63, 3.8) is 0 Å². The summed E-state index contributed by atoms with van der Waals surface area (Å²) in [6.07, 6.45) is 5.34. The Kier molecular flexibility index (Phi) is 2.57. The quantitative estimate of drug-likeness (QED) is 0.751. The third-order valence-electron chi connectivity index (χ3n) is 3.73. The van der Waals surface area contributed by atoms with Crippen molar-refractivity contribution in [1.82, 2.24) is 4.90 Å². The third-order valence-corrected chi connectivity index (χ3v) is 4.42. The molecular weight excluding hydrogens is 250 g/mol. The van der Waals surface area contributed by atoms with Crippen LogP contribution in [0.25, 0.3) is 0 Å². The Bertz CT molecular complexity index is 371. The highest BCUT2D eigenvalue weighted by atomic mass is 79.9. The van der Waals surface area contributed by atoms with Gasteiger partial charge in [0.2, 0.25) is 0 Å².